The first-order valence-corrected chi connectivity index (χ1v) is 6.41. The van der Waals surface area contributed by atoms with Crippen LogP contribution in [0.3, 0.4) is 0 Å². The van der Waals surface area contributed by atoms with E-state index in [4.69, 9.17) is 0 Å². The molecule has 0 aliphatic carbocycles. The van der Waals surface area contributed by atoms with Crippen molar-refractivity contribution < 1.29 is 0 Å². The number of rotatable bonds is 4. The highest BCUT2D eigenvalue weighted by Gasteiger charge is 2.05. The van der Waals surface area contributed by atoms with Gasteiger partial charge in [-0.3, -0.25) is 0 Å². The molecule has 0 saturated heterocycles. The third-order valence-electron chi connectivity index (χ3n) is 3.11. The molecule has 3 rings (SSSR count). The van der Waals surface area contributed by atoms with Crippen LogP contribution in [0.5, 0.6) is 0 Å². The number of aryl methyl sites for hydroxylation is 3. The molecular weight excluding hydrogens is 236 g/mol. The minimum atomic E-state index is 0.779. The zero-order valence-electron chi connectivity index (χ0n) is 10.9. The molecule has 0 bridgehead atoms. The normalized spacial score (nSPS) is 10.8. The molecule has 0 amide bonds. The van der Waals surface area contributed by atoms with Gasteiger partial charge in [0.2, 0.25) is 0 Å². The van der Waals surface area contributed by atoms with Gasteiger partial charge in [-0.25, -0.2) is 9.97 Å². The highest BCUT2D eigenvalue weighted by atomic mass is 15.0. The molecule has 0 spiro atoms. The Labute approximate surface area is 111 Å². The highest BCUT2D eigenvalue weighted by Crippen LogP contribution is 2.12. The standard InChI is InChI=1S/C15H16N4/c1-11-3-2-4-12(9-11)5-6-13-10-18-15(19-13)14-16-7-8-17-14/h2-4,7-10H,5-6H2,1H3,(H,16,17)(H,18,19). The van der Waals surface area contributed by atoms with E-state index in [1.165, 1.54) is 11.1 Å². The fraction of sp³-hybridized carbons (Fsp3) is 0.200. The van der Waals surface area contributed by atoms with Crippen LogP contribution in [0, 0.1) is 6.92 Å². The second kappa shape index (κ2) is 5.10. The molecule has 2 N–H and O–H groups in total. The second-order valence-corrected chi connectivity index (χ2v) is 4.67. The Morgan fingerprint density at radius 1 is 1.11 bits per heavy atom. The van der Waals surface area contributed by atoms with Crippen LogP contribution in [0.25, 0.3) is 11.6 Å². The van der Waals surface area contributed by atoms with Gasteiger partial charge < -0.3 is 9.97 Å². The Kier molecular flexibility index (Phi) is 3.14. The Hall–Kier alpha value is -2.36. The van der Waals surface area contributed by atoms with E-state index in [0.29, 0.717) is 0 Å². The molecule has 0 saturated carbocycles. The maximum Gasteiger partial charge on any atom is 0.173 e. The third-order valence-corrected chi connectivity index (χ3v) is 3.11. The van der Waals surface area contributed by atoms with Crippen LogP contribution in [0.4, 0.5) is 0 Å². The van der Waals surface area contributed by atoms with Gasteiger partial charge in [-0.1, -0.05) is 29.8 Å². The average Bonchev–Trinajstić information content (AvgIpc) is 3.07. The van der Waals surface area contributed by atoms with Crippen LogP contribution in [0.2, 0.25) is 0 Å². The lowest BCUT2D eigenvalue weighted by molar-refractivity contribution is 0.924. The molecule has 2 heterocycles. The summed E-state index contributed by atoms with van der Waals surface area (Å²) in [6.07, 6.45) is 7.41. The number of aromatic amines is 2. The number of hydrogen-bond acceptors (Lipinski definition) is 2. The van der Waals surface area contributed by atoms with Gasteiger partial charge in [-0.15, -0.1) is 0 Å². The topological polar surface area (TPSA) is 57.4 Å². The van der Waals surface area contributed by atoms with E-state index in [1.54, 1.807) is 12.4 Å². The molecule has 4 heteroatoms. The minimum absolute atomic E-state index is 0.779. The summed E-state index contributed by atoms with van der Waals surface area (Å²) in [7, 11) is 0. The predicted octanol–water partition coefficient (Wildman–Crippen LogP) is 2.89. The molecule has 0 atom stereocenters. The second-order valence-electron chi connectivity index (χ2n) is 4.67. The van der Waals surface area contributed by atoms with Crippen molar-refractivity contribution in [2.45, 2.75) is 19.8 Å². The molecule has 1 aromatic carbocycles. The number of hydrogen-bond donors (Lipinski definition) is 2. The van der Waals surface area contributed by atoms with Crippen molar-refractivity contribution in [1.29, 1.82) is 0 Å². The molecule has 0 unspecified atom stereocenters. The summed E-state index contributed by atoms with van der Waals surface area (Å²) in [5.74, 6) is 1.58. The Bertz CT molecular complexity index is 652. The summed E-state index contributed by atoms with van der Waals surface area (Å²) in [5.41, 5.74) is 3.71. The maximum absolute atomic E-state index is 4.54. The SMILES string of the molecule is Cc1cccc(CCc2c[nH]c(-c3ncc[nH]3)n2)c1. The van der Waals surface area contributed by atoms with Crippen LogP contribution in [-0.4, -0.2) is 19.9 Å². The molecule has 0 fully saturated rings. The number of imidazole rings is 2. The van der Waals surface area contributed by atoms with E-state index >= 15 is 0 Å². The van der Waals surface area contributed by atoms with Crippen molar-refractivity contribution in [3.8, 4) is 11.6 Å². The summed E-state index contributed by atoms with van der Waals surface area (Å²) < 4.78 is 0. The maximum atomic E-state index is 4.54. The van der Waals surface area contributed by atoms with Crippen LogP contribution < -0.4 is 0 Å². The fourth-order valence-electron chi connectivity index (χ4n) is 2.14. The molecule has 3 aromatic rings. The summed E-state index contributed by atoms with van der Waals surface area (Å²) in [6, 6.07) is 8.60. The van der Waals surface area contributed by atoms with Crippen LogP contribution in [-0.2, 0) is 12.8 Å². The summed E-state index contributed by atoms with van der Waals surface area (Å²) in [5, 5.41) is 0. The smallest absolute Gasteiger partial charge is 0.173 e. The van der Waals surface area contributed by atoms with Crippen molar-refractivity contribution in [1.82, 2.24) is 19.9 Å². The molecule has 0 aliphatic rings. The lowest BCUT2D eigenvalue weighted by atomic mass is 10.1. The van der Waals surface area contributed by atoms with Crippen molar-refractivity contribution in [2.24, 2.45) is 0 Å². The van der Waals surface area contributed by atoms with Gasteiger partial charge in [0, 0.05) is 18.6 Å². The molecule has 96 valence electrons. The molecule has 19 heavy (non-hydrogen) atoms. The molecule has 0 aliphatic heterocycles. The Morgan fingerprint density at radius 3 is 2.84 bits per heavy atom. The van der Waals surface area contributed by atoms with Crippen LogP contribution in [0.1, 0.15) is 16.8 Å². The lowest BCUT2D eigenvalue weighted by Crippen LogP contribution is -1.92. The van der Waals surface area contributed by atoms with E-state index in [2.05, 4.69) is 51.1 Å². The molecule has 0 radical (unpaired) electrons. The summed E-state index contributed by atoms with van der Waals surface area (Å²) in [6.45, 7) is 2.12. The van der Waals surface area contributed by atoms with Crippen molar-refractivity contribution in [2.75, 3.05) is 0 Å². The Morgan fingerprint density at radius 2 is 2.05 bits per heavy atom. The largest absolute Gasteiger partial charge is 0.342 e. The van der Waals surface area contributed by atoms with Gasteiger partial charge in [0.1, 0.15) is 0 Å². The fourth-order valence-corrected chi connectivity index (χ4v) is 2.14. The number of aromatic nitrogens is 4. The average molecular weight is 252 g/mol. The zero-order chi connectivity index (χ0) is 13.1. The minimum Gasteiger partial charge on any atom is -0.342 e. The van der Waals surface area contributed by atoms with Gasteiger partial charge in [0.05, 0.1) is 5.69 Å². The van der Waals surface area contributed by atoms with Gasteiger partial charge >= 0.3 is 0 Å². The zero-order valence-corrected chi connectivity index (χ0v) is 10.9. The number of nitrogens with one attached hydrogen (secondary N) is 2. The van der Waals surface area contributed by atoms with Crippen molar-refractivity contribution >= 4 is 0 Å². The number of benzene rings is 1. The number of nitrogens with zero attached hydrogens (tertiary/aromatic N) is 2. The first kappa shape index (κ1) is 11.7. The van der Waals surface area contributed by atoms with E-state index in [-0.39, 0.29) is 0 Å². The Balaban J connectivity index is 1.68. The molecular formula is C15H16N4. The summed E-state index contributed by atoms with van der Waals surface area (Å²) >= 11 is 0. The number of H-pyrrole nitrogens is 2. The first-order chi connectivity index (χ1) is 9.31. The van der Waals surface area contributed by atoms with Gasteiger partial charge in [0.25, 0.3) is 0 Å². The van der Waals surface area contributed by atoms with Crippen molar-refractivity contribution in [3.63, 3.8) is 0 Å². The highest BCUT2D eigenvalue weighted by molar-refractivity contribution is 5.42. The first-order valence-electron chi connectivity index (χ1n) is 6.41. The van der Waals surface area contributed by atoms with E-state index in [0.717, 1.165) is 30.2 Å². The lowest BCUT2D eigenvalue weighted by Gasteiger charge is -2.00. The summed E-state index contributed by atoms with van der Waals surface area (Å²) in [4.78, 5) is 14.9. The van der Waals surface area contributed by atoms with Gasteiger partial charge in [0.15, 0.2) is 11.6 Å². The van der Waals surface area contributed by atoms with E-state index in [9.17, 15) is 0 Å². The van der Waals surface area contributed by atoms with E-state index < -0.39 is 0 Å². The van der Waals surface area contributed by atoms with Crippen LogP contribution in [0.15, 0.2) is 42.9 Å². The van der Waals surface area contributed by atoms with Crippen LogP contribution >= 0.6 is 0 Å². The third kappa shape index (κ3) is 2.73. The van der Waals surface area contributed by atoms with Gasteiger partial charge in [-0.05, 0) is 25.3 Å². The van der Waals surface area contributed by atoms with E-state index in [1.807, 2.05) is 6.20 Å². The monoisotopic (exact) mass is 252 g/mol. The molecule has 2 aromatic heterocycles. The van der Waals surface area contributed by atoms with Crippen molar-refractivity contribution in [3.05, 3.63) is 59.7 Å². The van der Waals surface area contributed by atoms with Gasteiger partial charge in [-0.2, -0.15) is 0 Å². The molecule has 4 nitrogen and oxygen atoms in total. The quantitative estimate of drug-likeness (QED) is 0.750. The predicted molar refractivity (Wildman–Crippen MR) is 74.8 cm³/mol.